The second kappa shape index (κ2) is 11.3. The Morgan fingerprint density at radius 3 is 2.23 bits per heavy atom. The first-order valence-corrected chi connectivity index (χ1v) is 12.6. The van der Waals surface area contributed by atoms with E-state index in [1.165, 1.54) is 21.3 Å². The van der Waals surface area contributed by atoms with Crippen LogP contribution < -0.4 is 24.8 Å². The maximum Gasteiger partial charge on any atom is 0.251 e. The van der Waals surface area contributed by atoms with E-state index in [2.05, 4.69) is 31.5 Å². The Labute approximate surface area is 214 Å². The Morgan fingerprint density at radius 2 is 1.66 bits per heavy atom. The number of carbonyl (C=O) groups excluding carboxylic acids is 2. The lowest BCUT2D eigenvalue weighted by Gasteiger charge is -2.48. The molecular formula is C26H32BrN3O5. The van der Waals surface area contributed by atoms with Crippen LogP contribution in [0, 0.1) is 0 Å². The molecular weight excluding hydrogens is 514 g/mol. The van der Waals surface area contributed by atoms with Gasteiger partial charge in [0, 0.05) is 33.8 Å². The van der Waals surface area contributed by atoms with Crippen molar-refractivity contribution in [2.24, 2.45) is 0 Å². The van der Waals surface area contributed by atoms with Crippen LogP contribution in [-0.4, -0.2) is 62.7 Å². The first-order valence-electron chi connectivity index (χ1n) is 11.8. The lowest BCUT2D eigenvalue weighted by atomic mass is 9.81. The highest BCUT2D eigenvalue weighted by atomic mass is 79.9. The van der Waals surface area contributed by atoms with Gasteiger partial charge in [-0.25, -0.2) is 0 Å². The van der Waals surface area contributed by atoms with Crippen molar-refractivity contribution in [1.29, 1.82) is 0 Å². The molecule has 2 unspecified atom stereocenters. The molecule has 2 fully saturated rings. The van der Waals surface area contributed by atoms with E-state index in [4.69, 9.17) is 14.2 Å². The summed E-state index contributed by atoms with van der Waals surface area (Å²) < 4.78 is 17.1. The van der Waals surface area contributed by atoms with Crippen LogP contribution in [0.2, 0.25) is 0 Å². The van der Waals surface area contributed by atoms with E-state index in [9.17, 15) is 9.59 Å². The summed E-state index contributed by atoms with van der Waals surface area (Å²) in [5, 5.41) is 6.20. The Bertz CT molecular complexity index is 1040. The maximum absolute atomic E-state index is 13.1. The molecule has 0 spiro atoms. The van der Waals surface area contributed by atoms with Gasteiger partial charge in [0.25, 0.3) is 5.91 Å². The number of amides is 2. The van der Waals surface area contributed by atoms with Crippen LogP contribution in [0.5, 0.6) is 17.2 Å². The van der Waals surface area contributed by atoms with Crippen LogP contribution in [0.25, 0.3) is 0 Å². The molecule has 2 aliphatic rings. The van der Waals surface area contributed by atoms with Gasteiger partial charge in [0.15, 0.2) is 11.5 Å². The molecule has 9 heteroatoms. The topological polar surface area (TPSA) is 89.1 Å². The van der Waals surface area contributed by atoms with Gasteiger partial charge in [0.1, 0.15) is 0 Å². The first-order chi connectivity index (χ1) is 16.9. The molecule has 0 saturated carbocycles. The van der Waals surface area contributed by atoms with E-state index in [1.807, 2.05) is 24.3 Å². The minimum atomic E-state index is -0.173. The molecule has 188 valence electrons. The number of anilines is 1. The number of methoxy groups -OCH3 is 3. The number of nitrogens with zero attached hydrogens (tertiary/aromatic N) is 1. The van der Waals surface area contributed by atoms with E-state index < -0.39 is 0 Å². The fraction of sp³-hybridized carbons (Fsp3) is 0.462. The number of halogens is 1. The van der Waals surface area contributed by atoms with Crippen molar-refractivity contribution in [2.45, 2.75) is 50.2 Å². The standard InChI is InChI=1S/C26H32BrN3O5/c1-33-22-10-16(11-23(34-2)25(22)35-3)26(32)29-19-13-20-8-5-9-21(14-19)30(20)15-24(31)28-18-7-4-6-17(27)12-18/h4,6-7,10-12,19-21H,5,8-9,13-15H2,1-3H3,(H,28,31)(H,29,32). The predicted octanol–water partition coefficient (Wildman–Crippen LogP) is 4.23. The average molecular weight is 546 g/mol. The number of hydrogen-bond acceptors (Lipinski definition) is 6. The molecule has 35 heavy (non-hydrogen) atoms. The molecule has 0 aromatic heterocycles. The summed E-state index contributed by atoms with van der Waals surface area (Å²) in [6.45, 7) is 0.357. The van der Waals surface area contributed by atoms with E-state index in [-0.39, 0.29) is 29.9 Å². The van der Waals surface area contributed by atoms with Crippen molar-refractivity contribution in [3.8, 4) is 17.2 Å². The van der Waals surface area contributed by atoms with Gasteiger partial charge in [-0.1, -0.05) is 28.4 Å². The Morgan fingerprint density at radius 1 is 1.00 bits per heavy atom. The summed E-state index contributed by atoms with van der Waals surface area (Å²) in [5.74, 6) is 1.16. The molecule has 2 aliphatic heterocycles. The average Bonchev–Trinajstić information content (AvgIpc) is 2.83. The van der Waals surface area contributed by atoms with Gasteiger partial charge >= 0.3 is 0 Å². The Kier molecular flexibility index (Phi) is 8.18. The molecule has 2 amide bonds. The van der Waals surface area contributed by atoms with Gasteiger partial charge < -0.3 is 24.8 Å². The van der Waals surface area contributed by atoms with Crippen LogP contribution in [-0.2, 0) is 4.79 Å². The van der Waals surface area contributed by atoms with Gasteiger partial charge in [-0.15, -0.1) is 0 Å². The monoisotopic (exact) mass is 545 g/mol. The highest BCUT2D eigenvalue weighted by Crippen LogP contribution is 2.39. The summed E-state index contributed by atoms with van der Waals surface area (Å²) >= 11 is 3.44. The minimum absolute atomic E-state index is 0.0140. The van der Waals surface area contributed by atoms with E-state index >= 15 is 0 Å². The van der Waals surface area contributed by atoms with Crippen LogP contribution in [0.15, 0.2) is 40.9 Å². The fourth-order valence-corrected chi connectivity index (χ4v) is 5.67. The molecule has 0 aliphatic carbocycles. The molecule has 2 heterocycles. The summed E-state index contributed by atoms with van der Waals surface area (Å²) in [6, 6.07) is 11.5. The normalized spacial score (nSPS) is 21.7. The molecule has 8 nitrogen and oxygen atoms in total. The number of benzene rings is 2. The van der Waals surface area contributed by atoms with Crippen molar-refractivity contribution in [2.75, 3.05) is 33.2 Å². The van der Waals surface area contributed by atoms with Gasteiger partial charge in [0.2, 0.25) is 11.7 Å². The number of carbonyl (C=O) groups is 2. The van der Waals surface area contributed by atoms with E-state index in [1.54, 1.807) is 12.1 Å². The summed E-state index contributed by atoms with van der Waals surface area (Å²) in [4.78, 5) is 28.2. The lowest BCUT2D eigenvalue weighted by molar-refractivity contribution is -0.120. The summed E-state index contributed by atoms with van der Waals surface area (Å²) in [7, 11) is 4.59. The third-order valence-corrected chi connectivity index (χ3v) is 7.32. The number of ether oxygens (including phenoxy) is 3. The third kappa shape index (κ3) is 5.90. The number of fused-ring (bicyclic) bond motifs is 2. The van der Waals surface area contributed by atoms with Crippen LogP contribution >= 0.6 is 15.9 Å². The largest absolute Gasteiger partial charge is 0.493 e. The molecule has 0 radical (unpaired) electrons. The fourth-order valence-electron chi connectivity index (χ4n) is 5.27. The molecule has 2 saturated heterocycles. The zero-order chi connectivity index (χ0) is 24.9. The van der Waals surface area contributed by atoms with E-state index in [0.29, 0.717) is 29.4 Å². The third-order valence-electron chi connectivity index (χ3n) is 6.82. The maximum atomic E-state index is 13.1. The molecule has 2 N–H and O–H groups in total. The molecule has 2 aromatic carbocycles. The lowest BCUT2D eigenvalue weighted by Crippen LogP contribution is -2.58. The van der Waals surface area contributed by atoms with Gasteiger partial charge in [-0.05, 0) is 56.0 Å². The summed E-state index contributed by atoms with van der Waals surface area (Å²) in [6.07, 6.45) is 4.83. The SMILES string of the molecule is COc1cc(C(=O)NC2CC3CCCC(C2)N3CC(=O)Nc2cccc(Br)c2)cc(OC)c1OC. The Hall–Kier alpha value is -2.78. The highest BCUT2D eigenvalue weighted by Gasteiger charge is 2.39. The minimum Gasteiger partial charge on any atom is -0.493 e. The zero-order valence-corrected chi connectivity index (χ0v) is 21.9. The first kappa shape index (κ1) is 25.3. The zero-order valence-electron chi connectivity index (χ0n) is 20.3. The molecule has 2 atom stereocenters. The van der Waals surface area contributed by atoms with Gasteiger partial charge in [-0.3, -0.25) is 14.5 Å². The van der Waals surface area contributed by atoms with E-state index in [0.717, 1.165) is 42.3 Å². The number of nitrogens with one attached hydrogen (secondary N) is 2. The smallest absolute Gasteiger partial charge is 0.251 e. The van der Waals surface area contributed by atoms with Crippen molar-refractivity contribution in [3.63, 3.8) is 0 Å². The van der Waals surface area contributed by atoms with Crippen molar-refractivity contribution in [1.82, 2.24) is 10.2 Å². The number of rotatable bonds is 8. The van der Waals surface area contributed by atoms with Crippen LogP contribution in [0.3, 0.4) is 0 Å². The summed E-state index contributed by atoms with van der Waals surface area (Å²) in [5.41, 5.74) is 1.24. The molecule has 2 aromatic rings. The second-order valence-electron chi connectivity index (χ2n) is 9.03. The molecule has 4 rings (SSSR count). The predicted molar refractivity (Wildman–Crippen MR) is 137 cm³/mol. The van der Waals surface area contributed by atoms with Crippen molar-refractivity contribution >= 4 is 33.4 Å². The highest BCUT2D eigenvalue weighted by molar-refractivity contribution is 9.10. The Balaban J connectivity index is 1.40. The van der Waals surface area contributed by atoms with Crippen molar-refractivity contribution in [3.05, 3.63) is 46.4 Å². The van der Waals surface area contributed by atoms with Gasteiger partial charge in [-0.2, -0.15) is 0 Å². The van der Waals surface area contributed by atoms with Crippen molar-refractivity contribution < 1.29 is 23.8 Å². The second-order valence-corrected chi connectivity index (χ2v) is 9.94. The van der Waals surface area contributed by atoms with Crippen LogP contribution in [0.1, 0.15) is 42.5 Å². The van der Waals surface area contributed by atoms with Crippen LogP contribution in [0.4, 0.5) is 5.69 Å². The quantitative estimate of drug-likeness (QED) is 0.516. The van der Waals surface area contributed by atoms with Gasteiger partial charge in [0.05, 0.1) is 27.9 Å². The molecule has 2 bridgehead atoms. The number of piperidine rings is 2. The number of hydrogen-bond donors (Lipinski definition) is 2.